The van der Waals surface area contributed by atoms with E-state index in [1.54, 1.807) is 17.5 Å². The minimum Gasteiger partial charge on any atom is -0.356 e. The van der Waals surface area contributed by atoms with E-state index in [0.717, 1.165) is 39.3 Å². The van der Waals surface area contributed by atoms with Gasteiger partial charge in [-0.2, -0.15) is 0 Å². The number of aromatic nitrogens is 3. The van der Waals surface area contributed by atoms with E-state index < -0.39 is 0 Å². The molecule has 1 atom stereocenters. The van der Waals surface area contributed by atoms with Crippen molar-refractivity contribution >= 4 is 27.2 Å². The molecule has 136 valence electrons. The van der Waals surface area contributed by atoms with Crippen molar-refractivity contribution in [1.82, 2.24) is 15.2 Å². The zero-order valence-corrected chi connectivity index (χ0v) is 15.7. The minimum atomic E-state index is 0.175. The van der Waals surface area contributed by atoms with Gasteiger partial charge in [0.25, 0.3) is 0 Å². The van der Waals surface area contributed by atoms with Gasteiger partial charge in [0.15, 0.2) is 0 Å². The molecule has 1 unspecified atom stereocenters. The highest BCUT2D eigenvalue weighted by atomic mass is 32.1. The molecule has 6 heteroatoms. The molecule has 0 bridgehead atoms. The van der Waals surface area contributed by atoms with Crippen molar-refractivity contribution in [3.63, 3.8) is 0 Å². The van der Waals surface area contributed by atoms with Crippen molar-refractivity contribution in [2.45, 2.75) is 18.9 Å². The number of aryl methyl sites for hydroxylation is 1. The Morgan fingerprint density at radius 3 is 2.74 bits per heavy atom. The molecular formula is C21H21N5S. The number of nitrogens with zero attached hydrogens (tertiary/aromatic N) is 3. The number of pyridine rings is 1. The standard InChI is InChI=1S/C21H21N5S/c22-13-19(9-6-15-4-2-1-3-5-15)24-21-26-25-20(27-21)17-7-8-18-14-23-11-10-16(18)12-17/h1-5,7-8,10-12,14,19H,6,9,13,22H2,(H,24,26). The van der Waals surface area contributed by atoms with Crippen LogP contribution in [0.4, 0.5) is 5.13 Å². The predicted octanol–water partition coefficient (Wildman–Crippen LogP) is 4.13. The molecule has 27 heavy (non-hydrogen) atoms. The van der Waals surface area contributed by atoms with Crippen LogP contribution in [0.1, 0.15) is 12.0 Å². The second kappa shape index (κ2) is 8.24. The Morgan fingerprint density at radius 1 is 1.00 bits per heavy atom. The zero-order chi connectivity index (χ0) is 18.5. The largest absolute Gasteiger partial charge is 0.356 e. The summed E-state index contributed by atoms with van der Waals surface area (Å²) in [5.41, 5.74) is 8.34. The van der Waals surface area contributed by atoms with Crippen LogP contribution in [0.3, 0.4) is 0 Å². The molecule has 5 nitrogen and oxygen atoms in total. The quantitative estimate of drug-likeness (QED) is 0.508. The van der Waals surface area contributed by atoms with Gasteiger partial charge in [0.2, 0.25) is 5.13 Å². The maximum atomic E-state index is 5.95. The molecule has 2 heterocycles. The Bertz CT molecular complexity index is 1020. The highest BCUT2D eigenvalue weighted by Crippen LogP contribution is 2.29. The van der Waals surface area contributed by atoms with Crippen LogP contribution >= 0.6 is 11.3 Å². The van der Waals surface area contributed by atoms with Crippen molar-refractivity contribution in [2.75, 3.05) is 11.9 Å². The molecule has 4 aromatic rings. The highest BCUT2D eigenvalue weighted by molar-refractivity contribution is 7.18. The van der Waals surface area contributed by atoms with Gasteiger partial charge in [-0.05, 0) is 35.9 Å². The lowest BCUT2D eigenvalue weighted by Gasteiger charge is -2.15. The third-order valence-electron chi connectivity index (χ3n) is 4.55. The van der Waals surface area contributed by atoms with E-state index in [0.29, 0.717) is 6.54 Å². The van der Waals surface area contributed by atoms with Crippen LogP contribution in [0.15, 0.2) is 67.0 Å². The molecule has 0 aliphatic rings. The molecule has 0 fully saturated rings. The Kier molecular flexibility index (Phi) is 5.37. The molecule has 0 amide bonds. The summed E-state index contributed by atoms with van der Waals surface area (Å²) in [6, 6.07) is 18.9. The van der Waals surface area contributed by atoms with E-state index in [9.17, 15) is 0 Å². The van der Waals surface area contributed by atoms with Gasteiger partial charge in [-0.1, -0.05) is 53.8 Å². The molecule has 0 radical (unpaired) electrons. The van der Waals surface area contributed by atoms with Crippen LogP contribution in [0.2, 0.25) is 0 Å². The number of rotatable bonds is 7. The van der Waals surface area contributed by atoms with Crippen LogP contribution in [0.5, 0.6) is 0 Å². The van der Waals surface area contributed by atoms with Gasteiger partial charge in [0.05, 0.1) is 0 Å². The Hall–Kier alpha value is -2.83. The molecule has 3 N–H and O–H groups in total. The number of hydrogen-bond acceptors (Lipinski definition) is 6. The Balaban J connectivity index is 1.44. The maximum absolute atomic E-state index is 5.95. The van der Waals surface area contributed by atoms with Gasteiger partial charge >= 0.3 is 0 Å². The molecular weight excluding hydrogens is 354 g/mol. The normalized spacial score (nSPS) is 12.2. The van der Waals surface area contributed by atoms with E-state index in [2.05, 4.69) is 63.0 Å². The number of hydrogen-bond donors (Lipinski definition) is 2. The maximum Gasteiger partial charge on any atom is 0.206 e. The first-order chi connectivity index (χ1) is 13.3. The SMILES string of the molecule is NCC(CCc1ccccc1)Nc1nnc(-c2ccc3cnccc3c2)s1. The lowest BCUT2D eigenvalue weighted by Crippen LogP contribution is -2.29. The van der Waals surface area contributed by atoms with Gasteiger partial charge in [-0.3, -0.25) is 4.98 Å². The van der Waals surface area contributed by atoms with E-state index in [4.69, 9.17) is 5.73 Å². The molecule has 0 aliphatic heterocycles. The van der Waals surface area contributed by atoms with E-state index in [1.165, 1.54) is 5.56 Å². The number of nitrogens with two attached hydrogens (primary N) is 1. The summed E-state index contributed by atoms with van der Waals surface area (Å²) in [5, 5.41) is 16.1. The van der Waals surface area contributed by atoms with Crippen molar-refractivity contribution in [3.8, 4) is 10.6 Å². The Labute approximate surface area is 162 Å². The number of anilines is 1. The van der Waals surface area contributed by atoms with Crippen LogP contribution < -0.4 is 11.1 Å². The first-order valence-corrected chi connectivity index (χ1v) is 9.81. The summed E-state index contributed by atoms with van der Waals surface area (Å²) in [6.07, 6.45) is 5.61. The van der Waals surface area contributed by atoms with Crippen LogP contribution in [-0.4, -0.2) is 27.8 Å². The van der Waals surface area contributed by atoms with Gasteiger partial charge < -0.3 is 11.1 Å². The molecule has 0 saturated heterocycles. The molecule has 2 aromatic heterocycles. The third-order valence-corrected chi connectivity index (χ3v) is 5.45. The van der Waals surface area contributed by atoms with Crippen LogP contribution in [-0.2, 0) is 6.42 Å². The van der Waals surface area contributed by atoms with Crippen molar-refractivity contribution in [2.24, 2.45) is 5.73 Å². The summed E-state index contributed by atoms with van der Waals surface area (Å²) in [4.78, 5) is 4.15. The first kappa shape index (κ1) is 17.6. The number of fused-ring (bicyclic) bond motifs is 1. The lowest BCUT2D eigenvalue weighted by molar-refractivity contribution is 0.659. The average Bonchev–Trinajstić information content (AvgIpc) is 3.20. The fourth-order valence-electron chi connectivity index (χ4n) is 3.02. The summed E-state index contributed by atoms with van der Waals surface area (Å²) in [6.45, 7) is 0.560. The summed E-state index contributed by atoms with van der Waals surface area (Å²) in [7, 11) is 0. The van der Waals surface area contributed by atoms with Crippen molar-refractivity contribution < 1.29 is 0 Å². The topological polar surface area (TPSA) is 76.7 Å². The predicted molar refractivity (Wildman–Crippen MR) is 112 cm³/mol. The molecule has 0 spiro atoms. The van der Waals surface area contributed by atoms with Crippen LogP contribution in [0, 0.1) is 0 Å². The van der Waals surface area contributed by atoms with Gasteiger partial charge in [0, 0.05) is 35.9 Å². The van der Waals surface area contributed by atoms with E-state index in [1.807, 2.05) is 18.3 Å². The monoisotopic (exact) mass is 375 g/mol. The Morgan fingerprint density at radius 2 is 1.89 bits per heavy atom. The van der Waals surface area contributed by atoms with Gasteiger partial charge in [-0.25, -0.2) is 0 Å². The highest BCUT2D eigenvalue weighted by Gasteiger charge is 2.12. The zero-order valence-electron chi connectivity index (χ0n) is 14.9. The van der Waals surface area contributed by atoms with E-state index in [-0.39, 0.29) is 6.04 Å². The first-order valence-electron chi connectivity index (χ1n) is 9.00. The molecule has 0 saturated carbocycles. The fourth-order valence-corrected chi connectivity index (χ4v) is 3.84. The van der Waals surface area contributed by atoms with E-state index >= 15 is 0 Å². The summed E-state index contributed by atoms with van der Waals surface area (Å²) < 4.78 is 0. The minimum absolute atomic E-state index is 0.175. The van der Waals surface area contributed by atoms with Gasteiger partial charge in [-0.15, -0.1) is 10.2 Å². The van der Waals surface area contributed by atoms with Gasteiger partial charge in [0.1, 0.15) is 5.01 Å². The molecule has 2 aromatic carbocycles. The van der Waals surface area contributed by atoms with Crippen molar-refractivity contribution in [3.05, 3.63) is 72.6 Å². The average molecular weight is 376 g/mol. The number of benzene rings is 2. The lowest BCUT2D eigenvalue weighted by atomic mass is 10.1. The third kappa shape index (κ3) is 4.30. The second-order valence-electron chi connectivity index (χ2n) is 6.45. The molecule has 4 rings (SSSR count). The number of nitrogens with one attached hydrogen (secondary N) is 1. The summed E-state index contributed by atoms with van der Waals surface area (Å²) in [5.74, 6) is 0. The van der Waals surface area contributed by atoms with Crippen molar-refractivity contribution in [1.29, 1.82) is 0 Å². The smallest absolute Gasteiger partial charge is 0.206 e. The van der Waals surface area contributed by atoms with Crippen LogP contribution in [0.25, 0.3) is 21.3 Å². The molecule has 0 aliphatic carbocycles. The second-order valence-corrected chi connectivity index (χ2v) is 7.43. The summed E-state index contributed by atoms with van der Waals surface area (Å²) >= 11 is 1.56. The fraction of sp³-hybridized carbons (Fsp3) is 0.190.